The highest BCUT2D eigenvalue weighted by atomic mass is 32.2. The Kier molecular flexibility index (Phi) is 10.5. The van der Waals surface area contributed by atoms with Gasteiger partial charge in [-0.1, -0.05) is 74.5 Å². The number of thioether (sulfide) groups is 1. The van der Waals surface area contributed by atoms with Crippen molar-refractivity contribution in [2.75, 3.05) is 12.3 Å². The van der Waals surface area contributed by atoms with Crippen LogP contribution >= 0.6 is 11.8 Å². The van der Waals surface area contributed by atoms with E-state index >= 15 is 0 Å². The molecule has 0 aliphatic rings. The first kappa shape index (κ1) is 27.4. The number of nitrogens with one attached hydrogen (secondary N) is 1. The van der Waals surface area contributed by atoms with Crippen molar-refractivity contribution in [3.05, 3.63) is 107 Å². The minimum absolute atomic E-state index is 0.0816. The maximum absolute atomic E-state index is 14.0. The lowest BCUT2D eigenvalue weighted by molar-refractivity contribution is -0.139. The van der Waals surface area contributed by atoms with Gasteiger partial charge in [0, 0.05) is 25.3 Å². The largest absolute Gasteiger partial charge is 0.354 e. The van der Waals surface area contributed by atoms with Crippen LogP contribution in [0, 0.1) is 17.6 Å². The molecule has 0 saturated heterocycles. The van der Waals surface area contributed by atoms with Crippen LogP contribution in [-0.2, 0) is 28.3 Å². The summed E-state index contributed by atoms with van der Waals surface area (Å²) < 4.78 is 27.5. The molecular formula is C29H32F2N2O2S. The summed E-state index contributed by atoms with van der Waals surface area (Å²) in [6, 6.07) is 21.2. The third kappa shape index (κ3) is 8.48. The summed E-state index contributed by atoms with van der Waals surface area (Å²) in [5.74, 6) is -0.472. The molecule has 2 amide bonds. The molecule has 3 aromatic rings. The highest BCUT2D eigenvalue weighted by molar-refractivity contribution is 7.99. The maximum Gasteiger partial charge on any atom is 0.243 e. The van der Waals surface area contributed by atoms with Gasteiger partial charge in [-0.2, -0.15) is 0 Å². The van der Waals surface area contributed by atoms with Crippen LogP contribution in [0.5, 0.6) is 0 Å². The van der Waals surface area contributed by atoms with E-state index in [9.17, 15) is 18.4 Å². The van der Waals surface area contributed by atoms with Gasteiger partial charge < -0.3 is 10.2 Å². The predicted molar refractivity (Wildman–Crippen MR) is 141 cm³/mol. The third-order valence-corrected chi connectivity index (χ3v) is 6.63. The van der Waals surface area contributed by atoms with E-state index in [-0.39, 0.29) is 41.7 Å². The molecule has 0 aliphatic carbocycles. The number of hydrogen-bond donors (Lipinski definition) is 1. The van der Waals surface area contributed by atoms with Gasteiger partial charge in [0.05, 0.1) is 5.75 Å². The molecule has 1 atom stereocenters. The van der Waals surface area contributed by atoms with Crippen molar-refractivity contribution in [2.24, 2.45) is 5.92 Å². The van der Waals surface area contributed by atoms with Gasteiger partial charge >= 0.3 is 0 Å². The monoisotopic (exact) mass is 510 g/mol. The van der Waals surface area contributed by atoms with Gasteiger partial charge in [-0.3, -0.25) is 9.59 Å². The van der Waals surface area contributed by atoms with Crippen LogP contribution in [0.1, 0.15) is 30.5 Å². The molecule has 0 aliphatic heterocycles. The van der Waals surface area contributed by atoms with Crippen LogP contribution in [0.25, 0.3) is 0 Å². The van der Waals surface area contributed by atoms with Crippen molar-refractivity contribution < 1.29 is 18.4 Å². The predicted octanol–water partition coefficient (Wildman–Crippen LogP) is 5.61. The van der Waals surface area contributed by atoms with Crippen molar-refractivity contribution in [2.45, 2.75) is 38.6 Å². The Labute approximate surface area is 216 Å². The van der Waals surface area contributed by atoms with E-state index < -0.39 is 6.04 Å². The highest BCUT2D eigenvalue weighted by Crippen LogP contribution is 2.20. The van der Waals surface area contributed by atoms with Crippen molar-refractivity contribution >= 4 is 23.6 Å². The first-order valence-corrected chi connectivity index (χ1v) is 13.2. The van der Waals surface area contributed by atoms with E-state index in [4.69, 9.17) is 0 Å². The Balaban J connectivity index is 1.84. The second-order valence-corrected chi connectivity index (χ2v) is 10.1. The van der Waals surface area contributed by atoms with Crippen molar-refractivity contribution in [3.8, 4) is 0 Å². The first-order chi connectivity index (χ1) is 17.3. The Bertz CT molecular complexity index is 1120. The Morgan fingerprint density at radius 3 is 2.22 bits per heavy atom. The zero-order chi connectivity index (χ0) is 25.9. The fourth-order valence-electron chi connectivity index (χ4n) is 3.71. The summed E-state index contributed by atoms with van der Waals surface area (Å²) in [6.07, 6.45) is 0.343. The summed E-state index contributed by atoms with van der Waals surface area (Å²) in [6.45, 7) is 4.66. The molecule has 36 heavy (non-hydrogen) atoms. The zero-order valence-corrected chi connectivity index (χ0v) is 21.4. The summed E-state index contributed by atoms with van der Waals surface area (Å²) in [4.78, 5) is 28.4. The normalized spacial score (nSPS) is 11.8. The SMILES string of the molecule is CC(C)CNC(=O)[C@H](Cc1ccccc1)N(Cc1ccc(F)cc1)C(=O)CSCc1ccccc1F. The van der Waals surface area contributed by atoms with E-state index in [0.29, 0.717) is 24.3 Å². The molecule has 7 heteroatoms. The number of halogens is 2. The quantitative estimate of drug-likeness (QED) is 0.345. The second kappa shape index (κ2) is 13.8. The lowest BCUT2D eigenvalue weighted by Gasteiger charge is -2.32. The van der Waals surface area contributed by atoms with Crippen LogP contribution < -0.4 is 5.32 Å². The molecule has 0 saturated carbocycles. The minimum atomic E-state index is -0.752. The topological polar surface area (TPSA) is 49.4 Å². The molecule has 0 bridgehead atoms. The molecule has 3 aromatic carbocycles. The first-order valence-electron chi connectivity index (χ1n) is 12.0. The van der Waals surface area contributed by atoms with Gasteiger partial charge in [-0.25, -0.2) is 8.78 Å². The van der Waals surface area contributed by atoms with Gasteiger partial charge in [-0.05, 0) is 40.8 Å². The summed E-state index contributed by atoms with van der Waals surface area (Å²) in [5, 5.41) is 2.97. The Morgan fingerprint density at radius 1 is 0.889 bits per heavy atom. The summed E-state index contributed by atoms with van der Waals surface area (Å²) in [5.41, 5.74) is 2.17. The van der Waals surface area contributed by atoms with E-state index in [0.717, 1.165) is 11.1 Å². The van der Waals surface area contributed by atoms with Crippen LogP contribution in [-0.4, -0.2) is 35.1 Å². The van der Waals surface area contributed by atoms with Gasteiger partial charge in [-0.15, -0.1) is 11.8 Å². The third-order valence-electron chi connectivity index (χ3n) is 5.66. The van der Waals surface area contributed by atoms with E-state index in [1.807, 2.05) is 44.2 Å². The molecule has 0 unspecified atom stereocenters. The van der Waals surface area contributed by atoms with E-state index in [1.165, 1.54) is 30.0 Å². The molecule has 3 rings (SSSR count). The number of amides is 2. The van der Waals surface area contributed by atoms with Crippen LogP contribution in [0.15, 0.2) is 78.9 Å². The van der Waals surface area contributed by atoms with Gasteiger partial charge in [0.2, 0.25) is 11.8 Å². The lowest BCUT2D eigenvalue weighted by atomic mass is 10.0. The molecule has 0 heterocycles. The number of rotatable bonds is 12. The summed E-state index contributed by atoms with van der Waals surface area (Å²) in [7, 11) is 0. The van der Waals surface area contributed by atoms with Crippen LogP contribution in [0.4, 0.5) is 8.78 Å². The smallest absolute Gasteiger partial charge is 0.243 e. The fourth-order valence-corrected chi connectivity index (χ4v) is 4.61. The molecule has 0 aromatic heterocycles. The number of nitrogens with zero attached hydrogens (tertiary/aromatic N) is 1. The number of benzene rings is 3. The standard InChI is InChI=1S/C29H32F2N2O2S/c1-21(2)17-32-29(35)27(16-22-8-4-3-5-9-22)33(18-23-12-14-25(30)15-13-23)28(34)20-36-19-24-10-6-7-11-26(24)31/h3-15,21,27H,16-20H2,1-2H3,(H,32,35)/t27-/m0/s1. The molecule has 0 radical (unpaired) electrons. The van der Waals surface area contributed by atoms with Crippen molar-refractivity contribution in [1.29, 1.82) is 0 Å². The zero-order valence-electron chi connectivity index (χ0n) is 20.6. The Hall–Kier alpha value is -3.19. The molecule has 0 spiro atoms. The molecule has 1 N–H and O–H groups in total. The van der Waals surface area contributed by atoms with Crippen molar-refractivity contribution in [3.63, 3.8) is 0 Å². The van der Waals surface area contributed by atoms with Crippen LogP contribution in [0.3, 0.4) is 0 Å². The highest BCUT2D eigenvalue weighted by Gasteiger charge is 2.30. The van der Waals surface area contributed by atoms with Crippen LogP contribution in [0.2, 0.25) is 0 Å². The van der Waals surface area contributed by atoms with Gasteiger partial charge in [0.15, 0.2) is 0 Å². The van der Waals surface area contributed by atoms with E-state index in [1.54, 1.807) is 35.2 Å². The average Bonchev–Trinajstić information content (AvgIpc) is 2.87. The van der Waals surface area contributed by atoms with Gasteiger partial charge in [0.1, 0.15) is 17.7 Å². The molecule has 190 valence electrons. The van der Waals surface area contributed by atoms with Crippen molar-refractivity contribution in [1.82, 2.24) is 10.2 Å². The van der Waals surface area contributed by atoms with Gasteiger partial charge in [0.25, 0.3) is 0 Å². The minimum Gasteiger partial charge on any atom is -0.354 e. The Morgan fingerprint density at radius 2 is 1.56 bits per heavy atom. The summed E-state index contributed by atoms with van der Waals surface area (Å²) >= 11 is 1.30. The average molecular weight is 511 g/mol. The number of hydrogen-bond acceptors (Lipinski definition) is 3. The lowest BCUT2D eigenvalue weighted by Crippen LogP contribution is -2.51. The van der Waals surface area contributed by atoms with E-state index in [2.05, 4.69) is 5.32 Å². The molecule has 0 fully saturated rings. The second-order valence-electron chi connectivity index (χ2n) is 9.08. The number of carbonyl (C=O) groups excluding carboxylic acids is 2. The fraction of sp³-hybridized carbons (Fsp3) is 0.310. The molecule has 4 nitrogen and oxygen atoms in total. The number of carbonyl (C=O) groups is 2. The maximum atomic E-state index is 14.0. The molecular weight excluding hydrogens is 478 g/mol.